The maximum atomic E-state index is 10.3. The van der Waals surface area contributed by atoms with E-state index in [9.17, 15) is 5.11 Å². The first kappa shape index (κ1) is 20.9. The largest absolute Gasteiger partial charge is 0.387 e. The molecule has 0 unspecified atom stereocenters. The lowest BCUT2D eigenvalue weighted by Gasteiger charge is -2.35. The highest BCUT2D eigenvalue weighted by atomic mass is 35.5. The predicted molar refractivity (Wildman–Crippen MR) is 104 cm³/mol. The molecule has 1 heterocycles. The molecular formula is C19H26Cl2N2O. The van der Waals surface area contributed by atoms with Gasteiger partial charge in [0.05, 0.1) is 6.10 Å². The summed E-state index contributed by atoms with van der Waals surface area (Å²) in [5, 5.41) is 10.3. The van der Waals surface area contributed by atoms with Crippen molar-refractivity contribution in [1.29, 1.82) is 0 Å². The van der Waals surface area contributed by atoms with Crippen LogP contribution in [0.15, 0.2) is 60.7 Å². The minimum absolute atomic E-state index is 0. The number of hydrogen-bond donors (Lipinski definition) is 1. The average Bonchev–Trinajstić information content (AvgIpc) is 2.58. The monoisotopic (exact) mass is 368 g/mol. The van der Waals surface area contributed by atoms with Gasteiger partial charge < -0.3 is 5.11 Å². The summed E-state index contributed by atoms with van der Waals surface area (Å²) in [5.41, 5.74) is 2.38. The Morgan fingerprint density at radius 2 is 1.25 bits per heavy atom. The fraction of sp³-hybridized carbons (Fsp3) is 0.368. The van der Waals surface area contributed by atoms with Crippen molar-refractivity contribution in [3.8, 4) is 0 Å². The second kappa shape index (κ2) is 10.7. The lowest BCUT2D eigenvalue weighted by Crippen LogP contribution is -2.47. The summed E-state index contributed by atoms with van der Waals surface area (Å²) in [6.07, 6.45) is -0.387. The van der Waals surface area contributed by atoms with Crippen molar-refractivity contribution in [2.24, 2.45) is 0 Å². The van der Waals surface area contributed by atoms with Crippen LogP contribution in [-0.4, -0.2) is 47.6 Å². The van der Waals surface area contributed by atoms with Crippen molar-refractivity contribution in [3.05, 3.63) is 71.8 Å². The van der Waals surface area contributed by atoms with Crippen LogP contribution in [0.5, 0.6) is 0 Å². The Bertz CT molecular complexity index is 560. The van der Waals surface area contributed by atoms with E-state index in [1.807, 2.05) is 30.3 Å². The Hall–Kier alpha value is -1.10. The van der Waals surface area contributed by atoms with Gasteiger partial charge in [0.15, 0.2) is 0 Å². The zero-order valence-corrected chi connectivity index (χ0v) is 15.4. The Kier molecular flexibility index (Phi) is 9.34. The van der Waals surface area contributed by atoms with Crippen LogP contribution in [0.1, 0.15) is 17.2 Å². The van der Waals surface area contributed by atoms with Gasteiger partial charge >= 0.3 is 0 Å². The predicted octanol–water partition coefficient (Wildman–Crippen LogP) is 3.38. The van der Waals surface area contributed by atoms with Gasteiger partial charge in [-0.2, -0.15) is 0 Å². The molecule has 1 N–H and O–H groups in total. The molecule has 2 aromatic carbocycles. The van der Waals surface area contributed by atoms with Crippen molar-refractivity contribution >= 4 is 24.8 Å². The van der Waals surface area contributed by atoms with Gasteiger partial charge in [-0.15, -0.1) is 24.8 Å². The number of aliphatic hydroxyl groups excluding tert-OH is 1. The van der Waals surface area contributed by atoms with Crippen LogP contribution in [0.3, 0.4) is 0 Å². The number of aliphatic hydroxyl groups is 1. The second-order valence-electron chi connectivity index (χ2n) is 5.99. The highest BCUT2D eigenvalue weighted by Crippen LogP contribution is 2.15. The van der Waals surface area contributed by atoms with E-state index in [2.05, 4.69) is 40.1 Å². The quantitative estimate of drug-likeness (QED) is 0.875. The molecule has 1 saturated heterocycles. The molecule has 0 aliphatic carbocycles. The van der Waals surface area contributed by atoms with Crippen molar-refractivity contribution in [2.45, 2.75) is 12.6 Å². The molecule has 24 heavy (non-hydrogen) atoms. The van der Waals surface area contributed by atoms with Gasteiger partial charge in [0.2, 0.25) is 0 Å². The van der Waals surface area contributed by atoms with E-state index in [0.29, 0.717) is 0 Å². The minimum Gasteiger partial charge on any atom is -0.387 e. The Labute approximate surface area is 157 Å². The summed E-state index contributed by atoms with van der Waals surface area (Å²) in [6.45, 7) is 5.93. The van der Waals surface area contributed by atoms with Crippen LogP contribution in [0, 0.1) is 0 Å². The number of piperazine rings is 1. The van der Waals surface area contributed by atoms with Crippen LogP contribution < -0.4 is 0 Å². The average molecular weight is 369 g/mol. The standard InChI is InChI=1S/C19H24N2O.2ClH/c22-19(18-9-5-2-6-10-18)16-21-13-11-20(12-14-21)15-17-7-3-1-4-8-17;;/h1-10,19,22H,11-16H2;2*1H/t19-;;/m1../s1. The number of rotatable bonds is 5. The summed E-state index contributed by atoms with van der Waals surface area (Å²) in [7, 11) is 0. The summed E-state index contributed by atoms with van der Waals surface area (Å²) in [5.74, 6) is 0. The van der Waals surface area contributed by atoms with Gasteiger partial charge in [-0.3, -0.25) is 9.80 Å². The molecule has 0 radical (unpaired) electrons. The number of halogens is 2. The molecule has 0 aromatic heterocycles. The van der Waals surface area contributed by atoms with Crippen molar-refractivity contribution < 1.29 is 5.11 Å². The maximum Gasteiger partial charge on any atom is 0.0916 e. The Morgan fingerprint density at radius 1 is 0.750 bits per heavy atom. The Balaban J connectivity index is 0.00000144. The Morgan fingerprint density at radius 3 is 1.83 bits per heavy atom. The first-order chi connectivity index (χ1) is 10.8. The van der Waals surface area contributed by atoms with Crippen molar-refractivity contribution in [1.82, 2.24) is 9.80 Å². The third kappa shape index (κ3) is 6.08. The molecule has 0 saturated carbocycles. The molecule has 1 fully saturated rings. The molecule has 1 aliphatic rings. The van der Waals surface area contributed by atoms with Crippen LogP contribution in [0.2, 0.25) is 0 Å². The first-order valence-electron chi connectivity index (χ1n) is 8.03. The molecule has 1 aliphatic heterocycles. The number of nitrogens with zero attached hydrogens (tertiary/aromatic N) is 2. The lowest BCUT2D eigenvalue weighted by atomic mass is 10.1. The van der Waals surface area contributed by atoms with E-state index >= 15 is 0 Å². The van der Waals surface area contributed by atoms with E-state index < -0.39 is 0 Å². The topological polar surface area (TPSA) is 26.7 Å². The zero-order chi connectivity index (χ0) is 15.2. The second-order valence-corrected chi connectivity index (χ2v) is 5.99. The fourth-order valence-electron chi connectivity index (χ4n) is 3.00. The van der Waals surface area contributed by atoms with Gasteiger partial charge in [0.1, 0.15) is 0 Å². The van der Waals surface area contributed by atoms with E-state index in [4.69, 9.17) is 0 Å². The van der Waals surface area contributed by atoms with Gasteiger partial charge in [0, 0.05) is 39.3 Å². The number of β-amino-alcohol motifs (C(OH)–C–C–N with tert-alkyl or cyclic N) is 1. The molecule has 1 atom stereocenters. The molecule has 5 heteroatoms. The van der Waals surface area contributed by atoms with E-state index in [1.54, 1.807) is 0 Å². The summed E-state index contributed by atoms with van der Waals surface area (Å²) >= 11 is 0. The smallest absolute Gasteiger partial charge is 0.0916 e. The van der Waals surface area contributed by atoms with E-state index in [1.165, 1.54) is 5.56 Å². The SMILES string of the molecule is Cl.Cl.O[C@H](CN1CCN(Cc2ccccc2)CC1)c1ccccc1. The molecule has 3 nitrogen and oxygen atoms in total. The van der Waals surface area contributed by atoms with Gasteiger partial charge in [-0.05, 0) is 11.1 Å². The third-order valence-corrected chi connectivity index (χ3v) is 4.33. The van der Waals surface area contributed by atoms with E-state index in [0.717, 1.165) is 44.8 Å². The molecule has 2 aromatic rings. The highest BCUT2D eigenvalue weighted by molar-refractivity contribution is 5.85. The lowest BCUT2D eigenvalue weighted by molar-refractivity contribution is 0.0701. The zero-order valence-electron chi connectivity index (χ0n) is 13.8. The van der Waals surface area contributed by atoms with Gasteiger partial charge in [-0.1, -0.05) is 60.7 Å². The fourth-order valence-corrected chi connectivity index (χ4v) is 3.00. The number of hydrogen-bond acceptors (Lipinski definition) is 3. The molecule has 0 spiro atoms. The van der Waals surface area contributed by atoms with Crippen LogP contribution in [0.4, 0.5) is 0 Å². The molecule has 3 rings (SSSR count). The third-order valence-electron chi connectivity index (χ3n) is 4.33. The summed E-state index contributed by atoms with van der Waals surface area (Å²) in [6, 6.07) is 20.6. The van der Waals surface area contributed by atoms with Crippen LogP contribution >= 0.6 is 24.8 Å². The number of benzene rings is 2. The minimum atomic E-state index is -0.387. The maximum absolute atomic E-state index is 10.3. The molecule has 132 valence electrons. The molecule has 0 bridgehead atoms. The van der Waals surface area contributed by atoms with Crippen molar-refractivity contribution in [2.75, 3.05) is 32.7 Å². The highest BCUT2D eigenvalue weighted by Gasteiger charge is 2.19. The van der Waals surface area contributed by atoms with Crippen molar-refractivity contribution in [3.63, 3.8) is 0 Å². The summed E-state index contributed by atoms with van der Waals surface area (Å²) in [4.78, 5) is 4.85. The first-order valence-corrected chi connectivity index (χ1v) is 8.03. The van der Waals surface area contributed by atoms with Gasteiger partial charge in [0.25, 0.3) is 0 Å². The molecule has 0 amide bonds. The molecular weight excluding hydrogens is 343 g/mol. The normalized spacial score (nSPS) is 16.7. The van der Waals surface area contributed by atoms with Crippen LogP contribution in [0.25, 0.3) is 0 Å². The van der Waals surface area contributed by atoms with E-state index in [-0.39, 0.29) is 30.9 Å². The van der Waals surface area contributed by atoms with Gasteiger partial charge in [-0.25, -0.2) is 0 Å². The summed E-state index contributed by atoms with van der Waals surface area (Å²) < 4.78 is 0. The van der Waals surface area contributed by atoms with Crippen LogP contribution in [-0.2, 0) is 6.54 Å².